The zero-order chi connectivity index (χ0) is 18.8. The molecule has 3 nitrogen and oxygen atoms in total. The highest BCUT2D eigenvalue weighted by molar-refractivity contribution is 5.97. The summed E-state index contributed by atoms with van der Waals surface area (Å²) >= 11 is 0. The van der Waals surface area contributed by atoms with Crippen molar-refractivity contribution >= 4 is 5.91 Å². The highest BCUT2D eigenvalue weighted by atomic mass is 19.2. The van der Waals surface area contributed by atoms with Crippen LogP contribution in [-0.2, 0) is 6.42 Å². The van der Waals surface area contributed by atoms with E-state index in [1.165, 1.54) is 30.2 Å². The average molecular weight is 367 g/mol. The lowest BCUT2D eigenvalue weighted by Gasteiger charge is -2.19. The Kier molecular flexibility index (Phi) is 5.15. The predicted molar refractivity (Wildman–Crippen MR) is 87.0 cm³/mol. The van der Waals surface area contributed by atoms with Crippen molar-refractivity contribution in [1.29, 1.82) is 0 Å². The van der Waals surface area contributed by atoms with Crippen molar-refractivity contribution in [3.63, 3.8) is 0 Å². The Balaban J connectivity index is 1.75. The molecule has 0 saturated carbocycles. The lowest BCUT2D eigenvalue weighted by atomic mass is 9.98. The fourth-order valence-corrected chi connectivity index (χ4v) is 3.31. The Hall–Kier alpha value is -2.57. The molecule has 1 atom stereocenters. The second-order valence-electron chi connectivity index (χ2n) is 6.33. The van der Waals surface area contributed by atoms with Gasteiger partial charge in [0.1, 0.15) is 22.9 Å². The van der Waals surface area contributed by atoms with Crippen molar-refractivity contribution in [2.75, 3.05) is 20.2 Å². The van der Waals surface area contributed by atoms with E-state index < -0.39 is 34.7 Å². The number of methoxy groups -OCH3 is 1. The molecule has 1 saturated heterocycles. The summed E-state index contributed by atoms with van der Waals surface area (Å²) in [6.07, 6.45) is 0.990. The van der Waals surface area contributed by atoms with Crippen molar-refractivity contribution in [2.24, 2.45) is 5.92 Å². The molecular formula is C19H17F4NO2. The smallest absolute Gasteiger partial charge is 0.260 e. The molecule has 2 aromatic carbocycles. The van der Waals surface area contributed by atoms with E-state index in [-0.39, 0.29) is 18.2 Å². The van der Waals surface area contributed by atoms with Crippen molar-refractivity contribution in [3.8, 4) is 5.75 Å². The van der Waals surface area contributed by atoms with E-state index in [2.05, 4.69) is 0 Å². The first-order chi connectivity index (χ1) is 12.4. The van der Waals surface area contributed by atoms with Crippen LogP contribution in [0.5, 0.6) is 5.75 Å². The maximum Gasteiger partial charge on any atom is 0.260 e. The molecule has 1 unspecified atom stereocenters. The zero-order valence-corrected chi connectivity index (χ0v) is 14.1. The summed E-state index contributed by atoms with van der Waals surface area (Å²) in [5.41, 5.74) is 0.0567. The molecule has 0 bridgehead atoms. The Bertz CT molecular complexity index is 820. The minimum absolute atomic E-state index is 0.0252. The molecule has 7 heteroatoms. The second-order valence-corrected chi connectivity index (χ2v) is 6.33. The largest absolute Gasteiger partial charge is 0.496 e. The van der Waals surface area contributed by atoms with Crippen LogP contribution in [0.3, 0.4) is 0 Å². The number of carbonyl (C=O) groups excluding carboxylic acids is 1. The Morgan fingerprint density at radius 3 is 2.50 bits per heavy atom. The third-order valence-electron chi connectivity index (χ3n) is 4.51. The molecule has 2 aromatic rings. The first-order valence-corrected chi connectivity index (χ1v) is 8.15. The van der Waals surface area contributed by atoms with Crippen LogP contribution >= 0.6 is 0 Å². The third kappa shape index (κ3) is 3.66. The Labute approximate surface area is 148 Å². The molecule has 1 aliphatic heterocycles. The highest BCUT2D eigenvalue weighted by Crippen LogP contribution is 2.29. The molecule has 3 rings (SSSR count). The van der Waals surface area contributed by atoms with Crippen LogP contribution in [0.2, 0.25) is 0 Å². The van der Waals surface area contributed by atoms with Crippen molar-refractivity contribution in [1.82, 2.24) is 4.90 Å². The number of nitrogens with zero attached hydrogens (tertiary/aromatic N) is 1. The minimum atomic E-state index is -1.25. The number of carbonyl (C=O) groups is 1. The van der Waals surface area contributed by atoms with Gasteiger partial charge in [-0.1, -0.05) is 0 Å². The maximum atomic E-state index is 14.1. The summed E-state index contributed by atoms with van der Waals surface area (Å²) in [5, 5.41) is 0. The Morgan fingerprint density at radius 2 is 1.85 bits per heavy atom. The van der Waals surface area contributed by atoms with E-state index in [1.807, 2.05) is 0 Å². The maximum absolute atomic E-state index is 14.1. The number of ether oxygens (including phenoxy) is 1. The fraction of sp³-hybridized carbons (Fsp3) is 0.316. The number of hydrogen-bond acceptors (Lipinski definition) is 2. The summed E-state index contributed by atoms with van der Waals surface area (Å²) in [5.74, 6) is -4.40. The molecule has 0 aliphatic carbocycles. The van der Waals surface area contributed by atoms with Crippen LogP contribution in [0, 0.1) is 29.2 Å². The summed E-state index contributed by atoms with van der Waals surface area (Å²) < 4.78 is 59.2. The van der Waals surface area contributed by atoms with Crippen molar-refractivity contribution in [2.45, 2.75) is 12.8 Å². The van der Waals surface area contributed by atoms with Crippen LogP contribution in [0.15, 0.2) is 30.3 Å². The number of amides is 1. The van der Waals surface area contributed by atoms with Crippen LogP contribution in [0.25, 0.3) is 0 Å². The summed E-state index contributed by atoms with van der Waals surface area (Å²) in [6.45, 7) is 0.635. The van der Waals surface area contributed by atoms with E-state index in [9.17, 15) is 22.4 Å². The molecule has 0 N–H and O–H groups in total. The molecule has 1 aliphatic rings. The van der Waals surface area contributed by atoms with Gasteiger partial charge < -0.3 is 9.64 Å². The fourth-order valence-electron chi connectivity index (χ4n) is 3.31. The molecule has 0 radical (unpaired) electrons. The van der Waals surface area contributed by atoms with Gasteiger partial charge in [0.05, 0.1) is 7.11 Å². The van der Waals surface area contributed by atoms with Gasteiger partial charge >= 0.3 is 0 Å². The summed E-state index contributed by atoms with van der Waals surface area (Å²) in [7, 11) is 1.27. The standard InChI is InChI=1S/C19H17F4NO2/c1-26-16-3-2-15(22)18(23)17(16)19(25)24-5-4-11(10-24)6-12-7-13(20)9-14(21)8-12/h2-3,7-9,11H,4-6,10H2,1H3. The number of halogens is 4. The van der Waals surface area contributed by atoms with Crippen LogP contribution in [0.1, 0.15) is 22.3 Å². The summed E-state index contributed by atoms with van der Waals surface area (Å²) in [6, 6.07) is 5.41. The van der Waals surface area contributed by atoms with Gasteiger partial charge in [-0.2, -0.15) is 0 Å². The number of rotatable bonds is 4. The molecule has 1 fully saturated rings. The normalized spacial score (nSPS) is 16.8. The third-order valence-corrected chi connectivity index (χ3v) is 4.51. The Morgan fingerprint density at radius 1 is 1.15 bits per heavy atom. The molecule has 26 heavy (non-hydrogen) atoms. The molecule has 0 spiro atoms. The predicted octanol–water partition coefficient (Wildman–Crippen LogP) is 3.96. The lowest BCUT2D eigenvalue weighted by Crippen LogP contribution is -2.30. The molecule has 138 valence electrons. The number of benzene rings is 2. The second kappa shape index (κ2) is 7.35. The van der Waals surface area contributed by atoms with Gasteiger partial charge in [-0.15, -0.1) is 0 Å². The van der Waals surface area contributed by atoms with Crippen LogP contribution in [-0.4, -0.2) is 31.0 Å². The van der Waals surface area contributed by atoms with Gasteiger partial charge in [0.2, 0.25) is 0 Å². The lowest BCUT2D eigenvalue weighted by molar-refractivity contribution is 0.0777. The quantitative estimate of drug-likeness (QED) is 0.766. The number of hydrogen-bond donors (Lipinski definition) is 0. The summed E-state index contributed by atoms with van der Waals surface area (Å²) in [4.78, 5) is 14.0. The van der Waals surface area contributed by atoms with Gasteiger partial charge in [0.15, 0.2) is 11.6 Å². The van der Waals surface area contributed by atoms with Gasteiger partial charge in [0.25, 0.3) is 5.91 Å². The van der Waals surface area contributed by atoms with Crippen molar-refractivity contribution in [3.05, 3.63) is 64.7 Å². The van der Waals surface area contributed by atoms with Gasteiger partial charge in [0, 0.05) is 19.2 Å². The average Bonchev–Trinajstić information content (AvgIpc) is 3.04. The van der Waals surface area contributed by atoms with Gasteiger partial charge in [-0.3, -0.25) is 4.79 Å². The molecule has 1 amide bonds. The molecule has 1 heterocycles. The first kappa shape index (κ1) is 18.2. The van der Waals surface area contributed by atoms with Gasteiger partial charge in [-0.05, 0) is 48.6 Å². The van der Waals surface area contributed by atoms with E-state index in [0.717, 1.165) is 12.1 Å². The molecule has 0 aromatic heterocycles. The van der Waals surface area contributed by atoms with Crippen molar-refractivity contribution < 1.29 is 27.1 Å². The number of likely N-dealkylation sites (tertiary alicyclic amines) is 1. The topological polar surface area (TPSA) is 29.5 Å². The monoisotopic (exact) mass is 367 g/mol. The first-order valence-electron chi connectivity index (χ1n) is 8.15. The van der Waals surface area contributed by atoms with E-state index in [0.29, 0.717) is 24.9 Å². The highest BCUT2D eigenvalue weighted by Gasteiger charge is 2.31. The van der Waals surface area contributed by atoms with E-state index in [1.54, 1.807) is 0 Å². The van der Waals surface area contributed by atoms with E-state index >= 15 is 0 Å². The SMILES string of the molecule is COc1ccc(F)c(F)c1C(=O)N1CCC(Cc2cc(F)cc(F)c2)C1. The molecular weight excluding hydrogens is 350 g/mol. The minimum Gasteiger partial charge on any atom is -0.496 e. The van der Waals surface area contributed by atoms with Gasteiger partial charge in [-0.25, -0.2) is 17.6 Å². The van der Waals surface area contributed by atoms with Crippen LogP contribution in [0.4, 0.5) is 17.6 Å². The van der Waals surface area contributed by atoms with E-state index in [4.69, 9.17) is 4.74 Å². The van der Waals surface area contributed by atoms with Crippen LogP contribution < -0.4 is 4.74 Å². The zero-order valence-electron chi connectivity index (χ0n) is 14.1.